The third kappa shape index (κ3) is 3.11. The molecule has 0 aliphatic heterocycles. The highest BCUT2D eigenvalue weighted by molar-refractivity contribution is 9.10. The highest BCUT2D eigenvalue weighted by Gasteiger charge is 2.16. The fraction of sp³-hybridized carbons (Fsp3) is 0.154. The Morgan fingerprint density at radius 3 is 2.58 bits per heavy atom. The van der Waals surface area contributed by atoms with Gasteiger partial charge >= 0.3 is 0 Å². The Morgan fingerprint density at radius 1 is 1.32 bits per heavy atom. The summed E-state index contributed by atoms with van der Waals surface area (Å²) in [5.41, 5.74) is 1.03. The van der Waals surface area contributed by atoms with Gasteiger partial charge in [0.2, 0.25) is 0 Å². The number of phenols is 2. The number of nitrogens with zero attached hydrogens (tertiary/aromatic N) is 1. The summed E-state index contributed by atoms with van der Waals surface area (Å²) >= 11 is 9.30. The van der Waals surface area contributed by atoms with Gasteiger partial charge in [0, 0.05) is 10.7 Å². The van der Waals surface area contributed by atoms with Gasteiger partial charge in [0.25, 0.3) is 0 Å². The van der Waals surface area contributed by atoms with Gasteiger partial charge in [-0.25, -0.2) is 4.98 Å². The van der Waals surface area contributed by atoms with Crippen molar-refractivity contribution in [3.05, 3.63) is 45.7 Å². The van der Waals surface area contributed by atoms with Crippen LogP contribution in [0.3, 0.4) is 0 Å². The number of rotatable bonds is 3. The second kappa shape index (κ2) is 5.67. The van der Waals surface area contributed by atoms with Crippen LogP contribution in [0, 0.1) is 0 Å². The number of aromatic hydroxyl groups is 2. The molecule has 1 unspecified atom stereocenters. The molecule has 0 amide bonds. The van der Waals surface area contributed by atoms with E-state index in [0.29, 0.717) is 16.4 Å². The molecule has 0 saturated carbocycles. The third-order valence-electron chi connectivity index (χ3n) is 2.67. The Bertz CT molecular complexity index is 587. The largest absolute Gasteiger partial charge is 0.507 e. The molecule has 0 radical (unpaired) electrons. The standard InChI is InChI=1S/C13H12BrClN2O2/c1-7(12-10(18)3-2-4-11(12)19)17-9-5-8(14)6-16-13(9)15/h2-7,17-19H,1H3. The first-order valence-corrected chi connectivity index (χ1v) is 6.74. The van der Waals surface area contributed by atoms with E-state index < -0.39 is 0 Å². The number of pyridine rings is 1. The zero-order valence-electron chi connectivity index (χ0n) is 10.1. The minimum absolute atomic E-state index is 0.0269. The number of benzene rings is 1. The molecular formula is C13H12BrClN2O2. The van der Waals surface area contributed by atoms with Crippen LogP contribution in [-0.2, 0) is 0 Å². The maximum atomic E-state index is 9.81. The molecule has 0 bridgehead atoms. The lowest BCUT2D eigenvalue weighted by Crippen LogP contribution is -2.08. The zero-order chi connectivity index (χ0) is 14.0. The minimum atomic E-state index is -0.324. The molecule has 0 saturated heterocycles. The minimum Gasteiger partial charge on any atom is -0.507 e. The van der Waals surface area contributed by atoms with Crippen molar-refractivity contribution in [3.8, 4) is 11.5 Å². The van der Waals surface area contributed by atoms with E-state index in [1.807, 2.05) is 6.92 Å². The van der Waals surface area contributed by atoms with E-state index in [9.17, 15) is 10.2 Å². The van der Waals surface area contributed by atoms with Crippen molar-refractivity contribution in [3.63, 3.8) is 0 Å². The smallest absolute Gasteiger partial charge is 0.152 e. The zero-order valence-corrected chi connectivity index (χ0v) is 12.4. The molecule has 3 N–H and O–H groups in total. The lowest BCUT2D eigenvalue weighted by molar-refractivity contribution is 0.434. The fourth-order valence-corrected chi connectivity index (χ4v) is 2.30. The quantitative estimate of drug-likeness (QED) is 0.735. The van der Waals surface area contributed by atoms with E-state index in [1.165, 1.54) is 12.1 Å². The monoisotopic (exact) mass is 342 g/mol. The Kier molecular flexibility index (Phi) is 4.17. The second-order valence-corrected chi connectivity index (χ2v) is 5.34. The normalized spacial score (nSPS) is 12.2. The number of phenolic OH excluding ortho intramolecular Hbond substituents is 2. The molecule has 19 heavy (non-hydrogen) atoms. The lowest BCUT2D eigenvalue weighted by atomic mass is 10.1. The summed E-state index contributed by atoms with van der Waals surface area (Å²) in [6, 6.07) is 6.08. The Labute approximate surface area is 124 Å². The second-order valence-electron chi connectivity index (χ2n) is 4.07. The van der Waals surface area contributed by atoms with E-state index in [-0.39, 0.29) is 17.5 Å². The molecule has 1 aromatic heterocycles. The van der Waals surface area contributed by atoms with E-state index in [2.05, 4.69) is 26.2 Å². The lowest BCUT2D eigenvalue weighted by Gasteiger charge is -2.18. The molecule has 1 heterocycles. The van der Waals surface area contributed by atoms with Crippen LogP contribution in [0.1, 0.15) is 18.5 Å². The van der Waals surface area contributed by atoms with Crippen molar-refractivity contribution >= 4 is 33.2 Å². The molecule has 1 atom stereocenters. The van der Waals surface area contributed by atoms with Crippen molar-refractivity contribution in [1.82, 2.24) is 4.98 Å². The van der Waals surface area contributed by atoms with Gasteiger partial charge in [0.05, 0.1) is 17.3 Å². The molecule has 4 nitrogen and oxygen atoms in total. The van der Waals surface area contributed by atoms with E-state index in [1.54, 1.807) is 18.3 Å². The molecule has 0 spiro atoms. The highest BCUT2D eigenvalue weighted by atomic mass is 79.9. The van der Waals surface area contributed by atoms with Crippen LogP contribution in [0.4, 0.5) is 5.69 Å². The number of nitrogens with one attached hydrogen (secondary N) is 1. The molecular weight excluding hydrogens is 332 g/mol. The molecule has 1 aromatic carbocycles. The number of hydrogen-bond donors (Lipinski definition) is 3. The Hall–Kier alpha value is -1.46. The van der Waals surface area contributed by atoms with Gasteiger partial charge in [-0.05, 0) is 41.1 Å². The van der Waals surface area contributed by atoms with Gasteiger partial charge < -0.3 is 15.5 Å². The van der Waals surface area contributed by atoms with Gasteiger partial charge in [-0.15, -0.1) is 0 Å². The SMILES string of the molecule is CC(Nc1cc(Br)cnc1Cl)c1c(O)cccc1O. The van der Waals surface area contributed by atoms with Crippen LogP contribution in [0.2, 0.25) is 5.15 Å². The summed E-state index contributed by atoms with van der Waals surface area (Å²) in [5, 5.41) is 23.0. The molecule has 0 fully saturated rings. The van der Waals surface area contributed by atoms with Crippen molar-refractivity contribution < 1.29 is 10.2 Å². The summed E-state index contributed by atoms with van der Waals surface area (Å²) in [7, 11) is 0. The van der Waals surface area contributed by atoms with E-state index in [0.717, 1.165) is 4.47 Å². The maximum Gasteiger partial charge on any atom is 0.152 e. The number of halogens is 2. The first kappa shape index (κ1) is 14.0. The van der Waals surface area contributed by atoms with Crippen molar-refractivity contribution in [2.75, 3.05) is 5.32 Å². The van der Waals surface area contributed by atoms with Crippen LogP contribution in [0.25, 0.3) is 0 Å². The summed E-state index contributed by atoms with van der Waals surface area (Å²) in [4.78, 5) is 4.00. The summed E-state index contributed by atoms with van der Waals surface area (Å²) in [5.74, 6) is 0.0538. The van der Waals surface area contributed by atoms with Crippen LogP contribution in [0.5, 0.6) is 11.5 Å². The van der Waals surface area contributed by atoms with E-state index >= 15 is 0 Å². The maximum absolute atomic E-state index is 9.81. The average molecular weight is 344 g/mol. The van der Waals surface area contributed by atoms with Crippen LogP contribution in [-0.4, -0.2) is 15.2 Å². The Balaban J connectivity index is 2.31. The summed E-state index contributed by atoms with van der Waals surface area (Å²) in [6.45, 7) is 1.81. The van der Waals surface area contributed by atoms with Gasteiger partial charge in [0.15, 0.2) is 5.15 Å². The topological polar surface area (TPSA) is 65.4 Å². The molecule has 0 aliphatic rings. The van der Waals surface area contributed by atoms with Gasteiger partial charge in [-0.3, -0.25) is 0 Å². The van der Waals surface area contributed by atoms with Crippen LogP contribution in [0.15, 0.2) is 34.9 Å². The molecule has 2 aromatic rings. The molecule has 6 heteroatoms. The van der Waals surface area contributed by atoms with Crippen molar-refractivity contribution in [2.45, 2.75) is 13.0 Å². The van der Waals surface area contributed by atoms with Gasteiger partial charge in [-0.2, -0.15) is 0 Å². The first-order chi connectivity index (χ1) is 8.99. The van der Waals surface area contributed by atoms with E-state index in [4.69, 9.17) is 11.6 Å². The Morgan fingerprint density at radius 2 is 1.95 bits per heavy atom. The first-order valence-electron chi connectivity index (χ1n) is 5.57. The predicted octanol–water partition coefficient (Wildman–Crippen LogP) is 4.08. The highest BCUT2D eigenvalue weighted by Crippen LogP contribution is 2.35. The van der Waals surface area contributed by atoms with Gasteiger partial charge in [0.1, 0.15) is 11.5 Å². The number of aromatic nitrogens is 1. The summed E-state index contributed by atoms with van der Waals surface area (Å²) < 4.78 is 0.785. The number of anilines is 1. The van der Waals surface area contributed by atoms with Crippen LogP contribution < -0.4 is 5.32 Å². The van der Waals surface area contributed by atoms with Crippen LogP contribution >= 0.6 is 27.5 Å². The molecule has 100 valence electrons. The molecule has 0 aliphatic carbocycles. The average Bonchev–Trinajstić information content (AvgIpc) is 2.33. The van der Waals surface area contributed by atoms with Crippen molar-refractivity contribution in [1.29, 1.82) is 0 Å². The predicted molar refractivity (Wildman–Crippen MR) is 78.8 cm³/mol. The third-order valence-corrected chi connectivity index (χ3v) is 3.41. The fourth-order valence-electron chi connectivity index (χ4n) is 1.81. The van der Waals surface area contributed by atoms with Gasteiger partial charge in [-0.1, -0.05) is 17.7 Å². The molecule has 2 rings (SSSR count). The number of hydrogen-bond acceptors (Lipinski definition) is 4. The summed E-state index contributed by atoms with van der Waals surface area (Å²) in [6.07, 6.45) is 1.59. The van der Waals surface area contributed by atoms with Crippen molar-refractivity contribution in [2.24, 2.45) is 0 Å².